The van der Waals surface area contributed by atoms with Gasteiger partial charge < -0.3 is 20.1 Å². The molecular weight excluding hydrogens is 419 g/mol. The molecule has 1 saturated heterocycles. The monoisotopic (exact) mass is 436 g/mol. The van der Waals surface area contributed by atoms with Crippen LogP contribution in [0.15, 0.2) is 40.9 Å². The van der Waals surface area contributed by atoms with E-state index in [-0.39, 0.29) is 28.2 Å². The molecule has 1 fully saturated rings. The van der Waals surface area contributed by atoms with E-state index in [1.807, 2.05) is 0 Å². The molecule has 6 nitrogen and oxygen atoms in total. The molecular formula is C19H18BrFN2O4. The zero-order chi connectivity index (χ0) is 19.4. The molecule has 0 bridgehead atoms. The van der Waals surface area contributed by atoms with Crippen molar-refractivity contribution in [3.8, 4) is 5.75 Å². The normalized spacial score (nSPS) is 14.1. The molecule has 1 aliphatic heterocycles. The fraction of sp³-hybridized carbons (Fsp3) is 0.263. The van der Waals surface area contributed by atoms with E-state index < -0.39 is 11.7 Å². The van der Waals surface area contributed by atoms with Crippen molar-refractivity contribution in [2.24, 2.45) is 0 Å². The molecule has 0 saturated carbocycles. The molecule has 0 unspecified atom stereocenters. The summed E-state index contributed by atoms with van der Waals surface area (Å²) in [4.78, 5) is 26.5. The van der Waals surface area contributed by atoms with E-state index in [9.17, 15) is 19.1 Å². The second kappa shape index (κ2) is 8.49. The van der Waals surface area contributed by atoms with Crippen molar-refractivity contribution in [1.29, 1.82) is 0 Å². The molecule has 0 aromatic heterocycles. The third-order valence-electron chi connectivity index (χ3n) is 4.20. The molecule has 2 aromatic carbocycles. The van der Waals surface area contributed by atoms with Gasteiger partial charge in [0.2, 0.25) is 0 Å². The van der Waals surface area contributed by atoms with Crippen LogP contribution in [0.1, 0.15) is 26.3 Å². The highest BCUT2D eigenvalue weighted by Gasteiger charge is 2.19. The van der Waals surface area contributed by atoms with Gasteiger partial charge in [0, 0.05) is 25.2 Å². The Kier molecular flexibility index (Phi) is 6.08. The smallest absolute Gasteiger partial charge is 0.255 e. The SMILES string of the molecule is O=C(NCc1cccc(C(=O)N2CCOCC2)c1)c1cc(F)cc(Br)c1O. The van der Waals surface area contributed by atoms with Crippen LogP contribution in [0.3, 0.4) is 0 Å². The number of morpholine rings is 1. The van der Waals surface area contributed by atoms with E-state index >= 15 is 0 Å². The molecule has 27 heavy (non-hydrogen) atoms. The van der Waals surface area contributed by atoms with Gasteiger partial charge in [-0.25, -0.2) is 4.39 Å². The van der Waals surface area contributed by atoms with Crippen molar-refractivity contribution in [3.05, 3.63) is 63.4 Å². The van der Waals surface area contributed by atoms with Crippen LogP contribution >= 0.6 is 15.9 Å². The first kappa shape index (κ1) is 19.3. The summed E-state index contributed by atoms with van der Waals surface area (Å²) in [5.74, 6) is -1.66. The maximum Gasteiger partial charge on any atom is 0.255 e. The van der Waals surface area contributed by atoms with Crippen LogP contribution in [-0.4, -0.2) is 48.1 Å². The van der Waals surface area contributed by atoms with Gasteiger partial charge in [-0.15, -0.1) is 0 Å². The first-order valence-electron chi connectivity index (χ1n) is 8.38. The minimum atomic E-state index is -0.636. The van der Waals surface area contributed by atoms with Crippen molar-refractivity contribution in [3.63, 3.8) is 0 Å². The van der Waals surface area contributed by atoms with Crippen LogP contribution in [0.4, 0.5) is 4.39 Å². The summed E-state index contributed by atoms with van der Waals surface area (Å²) in [6.07, 6.45) is 0. The molecule has 1 heterocycles. The largest absolute Gasteiger partial charge is 0.506 e. The van der Waals surface area contributed by atoms with Gasteiger partial charge in [0.1, 0.15) is 11.6 Å². The lowest BCUT2D eigenvalue weighted by atomic mass is 10.1. The van der Waals surface area contributed by atoms with Crippen LogP contribution in [0, 0.1) is 5.82 Å². The van der Waals surface area contributed by atoms with Gasteiger partial charge in [0.25, 0.3) is 11.8 Å². The van der Waals surface area contributed by atoms with Crippen LogP contribution in [0.2, 0.25) is 0 Å². The second-order valence-corrected chi connectivity index (χ2v) is 6.93. The van der Waals surface area contributed by atoms with Gasteiger partial charge in [-0.3, -0.25) is 9.59 Å². The molecule has 3 rings (SSSR count). The average molecular weight is 437 g/mol. The Bertz CT molecular complexity index is 869. The van der Waals surface area contributed by atoms with Gasteiger partial charge in [0.05, 0.1) is 23.2 Å². The van der Waals surface area contributed by atoms with Gasteiger partial charge in [-0.05, 0) is 45.8 Å². The lowest BCUT2D eigenvalue weighted by Gasteiger charge is -2.27. The van der Waals surface area contributed by atoms with Crippen molar-refractivity contribution in [1.82, 2.24) is 10.2 Å². The van der Waals surface area contributed by atoms with Gasteiger partial charge in [0.15, 0.2) is 0 Å². The Morgan fingerprint density at radius 1 is 1.22 bits per heavy atom. The number of carbonyl (C=O) groups is 2. The highest BCUT2D eigenvalue weighted by atomic mass is 79.9. The third-order valence-corrected chi connectivity index (χ3v) is 4.80. The van der Waals surface area contributed by atoms with Crippen LogP contribution in [0.5, 0.6) is 5.75 Å². The van der Waals surface area contributed by atoms with E-state index in [4.69, 9.17) is 4.74 Å². The fourth-order valence-electron chi connectivity index (χ4n) is 2.78. The van der Waals surface area contributed by atoms with Crippen molar-refractivity contribution in [2.45, 2.75) is 6.54 Å². The number of ether oxygens (including phenoxy) is 1. The number of aromatic hydroxyl groups is 1. The Hall–Kier alpha value is -2.45. The molecule has 2 N–H and O–H groups in total. The molecule has 142 valence electrons. The highest BCUT2D eigenvalue weighted by molar-refractivity contribution is 9.10. The predicted molar refractivity (Wildman–Crippen MR) is 100 cm³/mol. The van der Waals surface area contributed by atoms with E-state index in [1.165, 1.54) is 0 Å². The zero-order valence-electron chi connectivity index (χ0n) is 14.4. The summed E-state index contributed by atoms with van der Waals surface area (Å²) in [7, 11) is 0. The summed E-state index contributed by atoms with van der Waals surface area (Å²) in [5, 5.41) is 12.5. The highest BCUT2D eigenvalue weighted by Crippen LogP contribution is 2.29. The number of benzene rings is 2. The summed E-state index contributed by atoms with van der Waals surface area (Å²) in [6.45, 7) is 2.28. The number of nitrogens with one attached hydrogen (secondary N) is 1. The number of halogens is 2. The predicted octanol–water partition coefficient (Wildman–Crippen LogP) is 2.70. The number of amides is 2. The lowest BCUT2D eigenvalue weighted by molar-refractivity contribution is 0.0303. The summed E-state index contributed by atoms with van der Waals surface area (Å²) in [5.41, 5.74) is 1.08. The van der Waals surface area contributed by atoms with Crippen molar-refractivity contribution in [2.75, 3.05) is 26.3 Å². The number of rotatable bonds is 4. The Morgan fingerprint density at radius 3 is 2.70 bits per heavy atom. The quantitative estimate of drug-likeness (QED) is 0.771. The topological polar surface area (TPSA) is 78.9 Å². The molecule has 2 aromatic rings. The molecule has 2 amide bonds. The number of phenols is 1. The minimum absolute atomic E-state index is 0.0850. The first-order chi connectivity index (χ1) is 13.0. The number of carbonyl (C=O) groups excluding carboxylic acids is 2. The summed E-state index contributed by atoms with van der Waals surface area (Å²) in [6, 6.07) is 8.99. The van der Waals surface area contributed by atoms with Crippen molar-refractivity contribution < 1.29 is 23.8 Å². The standard InChI is InChI=1S/C19H18BrFN2O4/c20-16-10-14(21)9-15(17(16)24)18(25)22-11-12-2-1-3-13(8-12)19(26)23-4-6-27-7-5-23/h1-3,8-10,24H,4-7,11H2,(H,22,25). The lowest BCUT2D eigenvalue weighted by Crippen LogP contribution is -2.40. The molecule has 0 spiro atoms. The third kappa shape index (κ3) is 4.64. The van der Waals surface area contributed by atoms with Crippen LogP contribution in [-0.2, 0) is 11.3 Å². The van der Waals surface area contributed by atoms with Gasteiger partial charge in [-0.2, -0.15) is 0 Å². The van der Waals surface area contributed by atoms with Crippen LogP contribution < -0.4 is 5.32 Å². The number of hydrogen-bond acceptors (Lipinski definition) is 4. The van der Waals surface area contributed by atoms with Crippen LogP contribution in [0.25, 0.3) is 0 Å². The summed E-state index contributed by atoms with van der Waals surface area (Å²) >= 11 is 3.00. The van der Waals surface area contributed by atoms with Gasteiger partial charge >= 0.3 is 0 Å². The summed E-state index contributed by atoms with van der Waals surface area (Å²) < 4.78 is 18.8. The van der Waals surface area contributed by atoms with E-state index in [0.29, 0.717) is 31.9 Å². The van der Waals surface area contributed by atoms with E-state index in [0.717, 1.165) is 17.7 Å². The van der Waals surface area contributed by atoms with E-state index in [2.05, 4.69) is 21.2 Å². The maximum absolute atomic E-state index is 13.5. The molecule has 8 heteroatoms. The maximum atomic E-state index is 13.5. The Morgan fingerprint density at radius 2 is 1.96 bits per heavy atom. The minimum Gasteiger partial charge on any atom is -0.506 e. The first-order valence-corrected chi connectivity index (χ1v) is 9.17. The Labute approximate surface area is 164 Å². The molecule has 0 radical (unpaired) electrons. The fourth-order valence-corrected chi connectivity index (χ4v) is 3.21. The molecule has 0 aliphatic carbocycles. The molecule has 1 aliphatic rings. The number of hydrogen-bond donors (Lipinski definition) is 2. The number of nitrogens with zero attached hydrogens (tertiary/aromatic N) is 1. The average Bonchev–Trinajstić information content (AvgIpc) is 2.69. The van der Waals surface area contributed by atoms with Crippen molar-refractivity contribution >= 4 is 27.7 Å². The van der Waals surface area contributed by atoms with Gasteiger partial charge in [-0.1, -0.05) is 12.1 Å². The number of phenolic OH excluding ortho intramolecular Hbond substituents is 1. The second-order valence-electron chi connectivity index (χ2n) is 6.07. The Balaban J connectivity index is 1.68. The van der Waals surface area contributed by atoms with E-state index in [1.54, 1.807) is 29.2 Å². The molecule has 0 atom stereocenters. The zero-order valence-corrected chi connectivity index (χ0v) is 16.0.